The molecule has 1 saturated heterocycles. The number of hydrogen-bond donors (Lipinski definition) is 3. The van der Waals surface area contributed by atoms with Gasteiger partial charge >= 0.3 is 0 Å². The highest BCUT2D eigenvalue weighted by molar-refractivity contribution is 6.07. The Labute approximate surface area is 111 Å². The van der Waals surface area contributed by atoms with E-state index >= 15 is 0 Å². The lowest BCUT2D eigenvalue weighted by Gasteiger charge is -2.19. The fourth-order valence-electron chi connectivity index (χ4n) is 2.74. The van der Waals surface area contributed by atoms with Crippen LogP contribution in [0.1, 0.15) is 12.0 Å². The van der Waals surface area contributed by atoms with E-state index in [1.54, 1.807) is 0 Å². The molecule has 2 aliphatic heterocycles. The van der Waals surface area contributed by atoms with Crippen LogP contribution in [0.4, 0.5) is 5.69 Å². The van der Waals surface area contributed by atoms with Gasteiger partial charge in [-0.25, -0.2) is 0 Å². The van der Waals surface area contributed by atoms with E-state index in [-0.39, 0.29) is 18.3 Å². The van der Waals surface area contributed by atoms with Crippen molar-refractivity contribution in [2.24, 2.45) is 5.73 Å². The van der Waals surface area contributed by atoms with Gasteiger partial charge in [0, 0.05) is 12.2 Å². The number of benzene rings is 1. The fraction of sp³-hybridized carbons (Fsp3) is 0.333. The molecule has 0 radical (unpaired) electrons. The van der Waals surface area contributed by atoms with Crippen LogP contribution >= 0.6 is 12.4 Å². The SMILES string of the molecule is Cl.NC(=O)[C@@H]1C[C@@]2(CN1)C(=O)Nc1ccccc12. The lowest BCUT2D eigenvalue weighted by atomic mass is 9.79. The van der Waals surface area contributed by atoms with E-state index in [2.05, 4.69) is 10.6 Å². The maximum atomic E-state index is 12.1. The molecule has 1 aromatic rings. The molecule has 1 aromatic carbocycles. The molecule has 5 nitrogen and oxygen atoms in total. The molecule has 0 aliphatic carbocycles. The molecule has 4 N–H and O–H groups in total. The summed E-state index contributed by atoms with van der Waals surface area (Å²) in [5, 5.41) is 5.88. The molecule has 0 unspecified atom stereocenters. The van der Waals surface area contributed by atoms with Crippen LogP contribution in [0.2, 0.25) is 0 Å². The number of carbonyl (C=O) groups is 2. The van der Waals surface area contributed by atoms with Gasteiger partial charge in [-0.1, -0.05) is 18.2 Å². The van der Waals surface area contributed by atoms with Gasteiger partial charge in [-0.3, -0.25) is 9.59 Å². The van der Waals surface area contributed by atoms with Gasteiger partial charge in [-0.05, 0) is 18.1 Å². The van der Waals surface area contributed by atoms with E-state index in [0.717, 1.165) is 11.3 Å². The van der Waals surface area contributed by atoms with Gasteiger partial charge in [0.15, 0.2) is 0 Å². The molecular formula is C12H14ClN3O2. The van der Waals surface area contributed by atoms with Crippen molar-refractivity contribution in [3.63, 3.8) is 0 Å². The largest absolute Gasteiger partial charge is 0.368 e. The first-order valence-corrected chi connectivity index (χ1v) is 5.57. The molecule has 1 fully saturated rings. The van der Waals surface area contributed by atoms with Crippen LogP contribution in [0, 0.1) is 0 Å². The van der Waals surface area contributed by atoms with E-state index in [1.807, 2.05) is 24.3 Å². The van der Waals surface area contributed by atoms with Crippen molar-refractivity contribution in [3.05, 3.63) is 29.8 Å². The zero-order valence-electron chi connectivity index (χ0n) is 9.60. The lowest BCUT2D eigenvalue weighted by Crippen LogP contribution is -2.36. The number of primary amides is 1. The summed E-state index contributed by atoms with van der Waals surface area (Å²) in [5.74, 6) is -0.450. The average Bonchev–Trinajstić information content (AvgIpc) is 2.85. The first-order valence-electron chi connectivity index (χ1n) is 5.57. The van der Waals surface area contributed by atoms with Crippen molar-refractivity contribution in [3.8, 4) is 0 Å². The molecule has 96 valence electrons. The molecule has 2 heterocycles. The van der Waals surface area contributed by atoms with Crippen molar-refractivity contribution < 1.29 is 9.59 Å². The Balaban J connectivity index is 0.00000120. The topological polar surface area (TPSA) is 84.2 Å². The van der Waals surface area contributed by atoms with Crippen LogP contribution < -0.4 is 16.4 Å². The summed E-state index contributed by atoms with van der Waals surface area (Å²) < 4.78 is 0. The summed E-state index contributed by atoms with van der Waals surface area (Å²) >= 11 is 0. The number of rotatable bonds is 1. The quantitative estimate of drug-likeness (QED) is 0.677. The molecule has 0 aromatic heterocycles. The van der Waals surface area contributed by atoms with Gasteiger partial charge in [-0.15, -0.1) is 12.4 Å². The fourth-order valence-corrected chi connectivity index (χ4v) is 2.74. The highest BCUT2D eigenvalue weighted by Crippen LogP contribution is 2.43. The van der Waals surface area contributed by atoms with Gasteiger partial charge in [0.25, 0.3) is 0 Å². The average molecular weight is 268 g/mol. The molecule has 6 heteroatoms. The summed E-state index contributed by atoms with van der Waals surface area (Å²) in [6.07, 6.45) is 0.436. The molecule has 2 amide bonds. The number of carbonyl (C=O) groups excluding carboxylic acids is 2. The van der Waals surface area contributed by atoms with Crippen molar-refractivity contribution in [1.29, 1.82) is 0 Å². The Morgan fingerprint density at radius 2 is 2.11 bits per heavy atom. The Hall–Kier alpha value is -1.59. The lowest BCUT2D eigenvalue weighted by molar-refractivity contribution is -0.120. The summed E-state index contributed by atoms with van der Waals surface area (Å²) in [6, 6.07) is 7.16. The standard InChI is InChI=1S/C12H13N3O2.ClH/c13-10(16)9-5-12(6-14-9)7-3-1-2-4-8(7)15-11(12)17;/h1-4,9,14H,5-6H2,(H2,13,16)(H,15,17);1H/t9-,12-;/m0./s1. The molecule has 0 bridgehead atoms. The number of fused-ring (bicyclic) bond motifs is 2. The third-order valence-corrected chi connectivity index (χ3v) is 3.67. The molecule has 1 spiro atoms. The van der Waals surface area contributed by atoms with E-state index in [1.165, 1.54) is 0 Å². The van der Waals surface area contributed by atoms with Gasteiger partial charge in [0.2, 0.25) is 11.8 Å². The third kappa shape index (κ3) is 1.59. The minimum atomic E-state index is -0.629. The third-order valence-electron chi connectivity index (χ3n) is 3.67. The Morgan fingerprint density at radius 3 is 2.78 bits per heavy atom. The van der Waals surface area contributed by atoms with E-state index in [4.69, 9.17) is 5.73 Å². The van der Waals surface area contributed by atoms with E-state index in [0.29, 0.717) is 13.0 Å². The maximum absolute atomic E-state index is 12.1. The van der Waals surface area contributed by atoms with E-state index < -0.39 is 17.4 Å². The predicted octanol–water partition coefficient (Wildman–Crippen LogP) is 0.146. The van der Waals surface area contributed by atoms with Crippen LogP contribution in [0.5, 0.6) is 0 Å². The number of amides is 2. The van der Waals surface area contributed by atoms with E-state index in [9.17, 15) is 9.59 Å². The molecule has 3 rings (SSSR count). The highest BCUT2D eigenvalue weighted by atomic mass is 35.5. The maximum Gasteiger partial charge on any atom is 0.236 e. The molecule has 2 atom stereocenters. The van der Waals surface area contributed by atoms with Crippen molar-refractivity contribution in [2.45, 2.75) is 17.9 Å². The second kappa shape index (κ2) is 4.26. The number of nitrogens with two attached hydrogens (primary N) is 1. The van der Waals surface area contributed by atoms with Crippen molar-refractivity contribution in [1.82, 2.24) is 5.32 Å². The van der Waals surface area contributed by atoms with Crippen molar-refractivity contribution in [2.75, 3.05) is 11.9 Å². The number of hydrogen-bond acceptors (Lipinski definition) is 3. The number of para-hydroxylation sites is 1. The predicted molar refractivity (Wildman–Crippen MR) is 69.6 cm³/mol. The number of halogens is 1. The summed E-state index contributed by atoms with van der Waals surface area (Å²) in [5.41, 5.74) is 6.45. The number of nitrogens with one attached hydrogen (secondary N) is 2. The first kappa shape index (κ1) is 12.9. The molecule has 2 aliphatic rings. The van der Waals surface area contributed by atoms with Crippen LogP contribution in [0.15, 0.2) is 24.3 Å². The highest BCUT2D eigenvalue weighted by Gasteiger charge is 2.52. The second-order valence-electron chi connectivity index (χ2n) is 4.62. The van der Waals surface area contributed by atoms with Gasteiger partial charge < -0.3 is 16.4 Å². The number of anilines is 1. The van der Waals surface area contributed by atoms with Gasteiger partial charge in [-0.2, -0.15) is 0 Å². The summed E-state index contributed by atoms with van der Waals surface area (Å²) in [6.45, 7) is 0.462. The van der Waals surface area contributed by atoms with Gasteiger partial charge in [0.1, 0.15) is 0 Å². The minimum absolute atomic E-state index is 0. The minimum Gasteiger partial charge on any atom is -0.368 e. The Bertz CT molecular complexity index is 520. The second-order valence-corrected chi connectivity index (χ2v) is 4.62. The van der Waals surface area contributed by atoms with Crippen molar-refractivity contribution >= 4 is 29.9 Å². The molecule has 18 heavy (non-hydrogen) atoms. The summed E-state index contributed by atoms with van der Waals surface area (Å²) in [4.78, 5) is 23.3. The summed E-state index contributed by atoms with van der Waals surface area (Å²) in [7, 11) is 0. The Kier molecular flexibility index (Phi) is 3.04. The molecule has 0 saturated carbocycles. The normalized spacial score (nSPS) is 28.7. The Morgan fingerprint density at radius 1 is 1.39 bits per heavy atom. The zero-order chi connectivity index (χ0) is 12.0. The van der Waals surface area contributed by atoms with Gasteiger partial charge in [0.05, 0.1) is 11.5 Å². The monoisotopic (exact) mass is 267 g/mol. The molecular weight excluding hydrogens is 254 g/mol. The van der Waals surface area contributed by atoms with Crippen LogP contribution in [-0.4, -0.2) is 24.4 Å². The van der Waals surface area contributed by atoms with Crippen LogP contribution in [-0.2, 0) is 15.0 Å². The zero-order valence-corrected chi connectivity index (χ0v) is 10.4. The first-order chi connectivity index (χ1) is 8.13. The van der Waals surface area contributed by atoms with Crippen LogP contribution in [0.25, 0.3) is 0 Å². The van der Waals surface area contributed by atoms with Crippen LogP contribution in [0.3, 0.4) is 0 Å². The smallest absolute Gasteiger partial charge is 0.236 e.